The number of piperidine rings is 1. The highest BCUT2D eigenvalue weighted by Crippen LogP contribution is 2.39. The minimum Gasteiger partial charge on any atom is -0.496 e. The third kappa shape index (κ3) is 5.83. The number of nitrogens with zero attached hydrogens (tertiary/aromatic N) is 4. The summed E-state index contributed by atoms with van der Waals surface area (Å²) in [6.07, 6.45) is 8.50. The van der Waals surface area contributed by atoms with Gasteiger partial charge in [0.05, 0.1) is 19.3 Å². The first-order valence-corrected chi connectivity index (χ1v) is 14.2. The first-order valence-electron chi connectivity index (χ1n) is 13.3. The summed E-state index contributed by atoms with van der Waals surface area (Å²) in [5.74, 6) is 1.63. The van der Waals surface area contributed by atoms with Crippen LogP contribution in [0, 0.1) is 0 Å². The Morgan fingerprint density at radius 1 is 1.00 bits per heavy atom. The Kier molecular flexibility index (Phi) is 8.06. The van der Waals surface area contributed by atoms with Gasteiger partial charge in [0.1, 0.15) is 5.75 Å². The van der Waals surface area contributed by atoms with Crippen molar-refractivity contribution in [2.45, 2.75) is 50.9 Å². The predicted molar refractivity (Wildman–Crippen MR) is 143 cm³/mol. The molecule has 1 aliphatic carbocycles. The molecule has 1 aromatic carbocycles. The number of aromatic nitrogens is 1. The van der Waals surface area contributed by atoms with E-state index in [0.717, 1.165) is 42.9 Å². The molecule has 0 bridgehead atoms. The molecule has 1 saturated carbocycles. The number of urea groups is 1. The Bertz CT molecular complexity index is 1050. The van der Waals surface area contributed by atoms with E-state index in [0.29, 0.717) is 43.8 Å². The van der Waals surface area contributed by atoms with Gasteiger partial charge in [0.15, 0.2) is 5.13 Å². The van der Waals surface area contributed by atoms with Gasteiger partial charge in [-0.05, 0) is 55.7 Å². The van der Waals surface area contributed by atoms with Gasteiger partial charge in [-0.1, -0.05) is 18.9 Å². The fourth-order valence-corrected chi connectivity index (χ4v) is 6.31. The molecule has 3 fully saturated rings. The highest BCUT2D eigenvalue weighted by Gasteiger charge is 2.26. The lowest BCUT2D eigenvalue weighted by molar-refractivity contribution is -0.133. The number of hydrogen-bond donors (Lipinski definition) is 1. The average Bonchev–Trinajstić information content (AvgIpc) is 3.62. The van der Waals surface area contributed by atoms with Crippen LogP contribution in [0.5, 0.6) is 5.75 Å². The van der Waals surface area contributed by atoms with Crippen LogP contribution >= 0.6 is 11.3 Å². The molecular formula is C27H37N5O3S. The SMILES string of the molecule is COc1ccc(C2CCCC2)cc1-c1csc(NC(=O)N2CCN(CC(=O)N3CCCCC3)CC2)n1. The second-order valence-electron chi connectivity index (χ2n) is 10.1. The lowest BCUT2D eigenvalue weighted by atomic mass is 9.95. The summed E-state index contributed by atoms with van der Waals surface area (Å²) < 4.78 is 5.62. The molecule has 0 spiro atoms. The molecule has 36 heavy (non-hydrogen) atoms. The van der Waals surface area contributed by atoms with Crippen LogP contribution in [0.2, 0.25) is 0 Å². The Morgan fingerprint density at radius 3 is 2.47 bits per heavy atom. The van der Waals surface area contributed by atoms with Crippen molar-refractivity contribution in [3.05, 3.63) is 29.1 Å². The number of ether oxygens (including phenoxy) is 1. The zero-order valence-corrected chi connectivity index (χ0v) is 22.0. The zero-order chi connectivity index (χ0) is 24.9. The lowest BCUT2D eigenvalue weighted by Crippen LogP contribution is -2.52. The Hall–Kier alpha value is -2.65. The summed E-state index contributed by atoms with van der Waals surface area (Å²) in [4.78, 5) is 36.1. The van der Waals surface area contributed by atoms with E-state index in [1.54, 1.807) is 7.11 Å². The summed E-state index contributed by atoms with van der Waals surface area (Å²) in [7, 11) is 1.68. The summed E-state index contributed by atoms with van der Waals surface area (Å²) in [6, 6.07) is 6.29. The Labute approximate surface area is 217 Å². The van der Waals surface area contributed by atoms with Crippen LogP contribution in [0.25, 0.3) is 11.3 Å². The summed E-state index contributed by atoms with van der Waals surface area (Å²) in [5.41, 5.74) is 3.15. The Balaban J connectivity index is 1.15. The van der Waals surface area contributed by atoms with Crippen LogP contribution in [-0.4, -0.2) is 84.5 Å². The molecule has 2 aliphatic heterocycles. The van der Waals surface area contributed by atoms with E-state index in [9.17, 15) is 9.59 Å². The molecule has 3 aliphatic rings. The second kappa shape index (κ2) is 11.6. The summed E-state index contributed by atoms with van der Waals surface area (Å²) >= 11 is 1.43. The fraction of sp³-hybridized carbons (Fsp3) is 0.593. The maximum absolute atomic E-state index is 12.9. The topological polar surface area (TPSA) is 78.0 Å². The number of carbonyl (C=O) groups is 2. The van der Waals surface area contributed by atoms with Gasteiger partial charge in [-0.15, -0.1) is 11.3 Å². The highest BCUT2D eigenvalue weighted by atomic mass is 32.1. The minimum atomic E-state index is -0.135. The summed E-state index contributed by atoms with van der Waals surface area (Å²) in [6.45, 7) is 4.85. The molecule has 9 heteroatoms. The quantitative estimate of drug-likeness (QED) is 0.612. The number of nitrogens with one attached hydrogen (secondary N) is 1. The van der Waals surface area contributed by atoms with E-state index in [1.807, 2.05) is 21.2 Å². The van der Waals surface area contributed by atoms with Crippen molar-refractivity contribution >= 4 is 28.4 Å². The normalized spacial score (nSPS) is 19.5. The fourth-order valence-electron chi connectivity index (χ4n) is 5.61. The van der Waals surface area contributed by atoms with Crippen molar-refractivity contribution in [2.75, 3.05) is 58.2 Å². The maximum atomic E-state index is 12.9. The van der Waals surface area contributed by atoms with Gasteiger partial charge in [0.25, 0.3) is 0 Å². The molecule has 8 nitrogen and oxygen atoms in total. The highest BCUT2D eigenvalue weighted by molar-refractivity contribution is 7.14. The van der Waals surface area contributed by atoms with E-state index < -0.39 is 0 Å². The number of thiazole rings is 1. The zero-order valence-electron chi connectivity index (χ0n) is 21.2. The number of methoxy groups -OCH3 is 1. The van der Waals surface area contributed by atoms with Crippen molar-refractivity contribution in [1.29, 1.82) is 0 Å². The van der Waals surface area contributed by atoms with Gasteiger partial charge in [-0.2, -0.15) is 0 Å². The number of amides is 3. The van der Waals surface area contributed by atoms with Gasteiger partial charge >= 0.3 is 6.03 Å². The van der Waals surface area contributed by atoms with Crippen LogP contribution in [0.1, 0.15) is 56.4 Å². The summed E-state index contributed by atoms with van der Waals surface area (Å²) in [5, 5.41) is 5.55. The van der Waals surface area contributed by atoms with Crippen LogP contribution in [-0.2, 0) is 4.79 Å². The van der Waals surface area contributed by atoms with E-state index >= 15 is 0 Å². The Morgan fingerprint density at radius 2 is 1.75 bits per heavy atom. The molecule has 1 aromatic heterocycles. The van der Waals surface area contributed by atoms with E-state index in [1.165, 1.54) is 49.0 Å². The van der Waals surface area contributed by atoms with E-state index in [4.69, 9.17) is 9.72 Å². The van der Waals surface area contributed by atoms with Gasteiger partial charge < -0.3 is 14.5 Å². The van der Waals surface area contributed by atoms with Crippen LogP contribution in [0.15, 0.2) is 23.6 Å². The second-order valence-corrected chi connectivity index (χ2v) is 11.0. The van der Waals surface area contributed by atoms with Crippen LogP contribution in [0.3, 0.4) is 0 Å². The first kappa shape index (κ1) is 25.0. The number of hydrogen-bond acceptors (Lipinski definition) is 6. The third-order valence-corrected chi connectivity index (χ3v) is 8.53. The molecule has 5 rings (SSSR count). The maximum Gasteiger partial charge on any atom is 0.323 e. The number of rotatable bonds is 6. The molecule has 2 saturated heterocycles. The lowest BCUT2D eigenvalue weighted by Gasteiger charge is -2.35. The van der Waals surface area contributed by atoms with Gasteiger partial charge in [-0.25, -0.2) is 9.78 Å². The molecule has 2 aromatic rings. The van der Waals surface area contributed by atoms with E-state index in [2.05, 4.69) is 22.3 Å². The van der Waals surface area contributed by atoms with Crippen molar-refractivity contribution in [3.63, 3.8) is 0 Å². The van der Waals surface area contributed by atoms with Crippen molar-refractivity contribution < 1.29 is 14.3 Å². The molecule has 0 radical (unpaired) electrons. The monoisotopic (exact) mass is 511 g/mol. The number of carbonyl (C=O) groups excluding carboxylic acids is 2. The third-order valence-electron chi connectivity index (χ3n) is 7.77. The number of piperazine rings is 1. The first-order chi connectivity index (χ1) is 17.6. The molecular weight excluding hydrogens is 474 g/mol. The number of likely N-dealkylation sites (tertiary alicyclic amines) is 1. The molecule has 3 amide bonds. The number of anilines is 1. The van der Waals surface area contributed by atoms with E-state index in [-0.39, 0.29) is 11.9 Å². The van der Waals surface area contributed by atoms with Crippen molar-refractivity contribution in [3.8, 4) is 17.0 Å². The standard InChI is InChI=1S/C27H37N5O3S/c1-35-24-10-9-21(20-7-3-4-8-20)17-22(24)23-19-36-26(28-23)29-27(34)32-15-13-30(14-16-32)18-25(33)31-11-5-2-6-12-31/h9-10,17,19-20H,2-8,11-16,18H2,1H3,(H,28,29,34). The van der Waals surface area contributed by atoms with Crippen LogP contribution < -0.4 is 10.1 Å². The smallest absolute Gasteiger partial charge is 0.323 e. The average molecular weight is 512 g/mol. The van der Waals surface area contributed by atoms with Crippen LogP contribution in [0.4, 0.5) is 9.93 Å². The molecule has 0 atom stereocenters. The molecule has 0 unspecified atom stereocenters. The molecule has 1 N–H and O–H groups in total. The van der Waals surface area contributed by atoms with Gasteiger partial charge in [0.2, 0.25) is 5.91 Å². The number of benzene rings is 1. The predicted octanol–water partition coefficient (Wildman–Crippen LogP) is 4.64. The van der Waals surface area contributed by atoms with Gasteiger partial charge in [0, 0.05) is 50.2 Å². The van der Waals surface area contributed by atoms with Crippen molar-refractivity contribution in [2.24, 2.45) is 0 Å². The molecule has 194 valence electrons. The largest absolute Gasteiger partial charge is 0.496 e. The van der Waals surface area contributed by atoms with Gasteiger partial charge in [-0.3, -0.25) is 15.0 Å². The minimum absolute atomic E-state index is 0.135. The van der Waals surface area contributed by atoms with Crippen molar-refractivity contribution in [1.82, 2.24) is 19.7 Å². The molecule has 3 heterocycles.